The van der Waals surface area contributed by atoms with Crippen LogP contribution < -0.4 is 8.97 Å². The molecule has 0 radical (unpaired) electrons. The van der Waals surface area contributed by atoms with Crippen LogP contribution in [-0.2, 0) is 0 Å². The zero-order valence-corrected chi connectivity index (χ0v) is 15.6. The van der Waals surface area contributed by atoms with Gasteiger partial charge < -0.3 is 0 Å². The molecular weight excluding hydrogens is 356 g/mol. The minimum Gasteiger partial charge on any atom is -0.172 e. The third-order valence-electron chi connectivity index (χ3n) is 5.24. The van der Waals surface area contributed by atoms with E-state index in [1.54, 1.807) is 0 Å². The van der Waals surface area contributed by atoms with Gasteiger partial charge in [0.15, 0.2) is 0 Å². The van der Waals surface area contributed by atoms with Crippen LogP contribution in [0.3, 0.4) is 0 Å². The first kappa shape index (κ1) is 14.7. The zero-order valence-electron chi connectivity index (χ0n) is 14.0. The molecule has 2 aromatic carbocycles. The van der Waals surface area contributed by atoms with Crippen molar-refractivity contribution in [1.82, 2.24) is 0 Å². The molecule has 4 heteroatoms. The van der Waals surface area contributed by atoms with Crippen molar-refractivity contribution in [2.45, 2.75) is 11.1 Å². The molecule has 0 bridgehead atoms. The Labute approximate surface area is 159 Å². The summed E-state index contributed by atoms with van der Waals surface area (Å²) < 4.78 is 4.98. The van der Waals surface area contributed by atoms with Crippen molar-refractivity contribution < 1.29 is 8.97 Å². The second-order valence-corrected chi connectivity index (χ2v) is 8.58. The number of hydrogen-bond acceptors (Lipinski definition) is 2. The molecule has 1 atom stereocenters. The maximum absolute atomic E-state index is 2.52. The van der Waals surface area contributed by atoms with Crippen LogP contribution in [0.1, 0.15) is 11.7 Å². The molecule has 26 heavy (non-hydrogen) atoms. The molecule has 1 aliphatic rings. The number of thioether (sulfide) groups is 1. The third kappa shape index (κ3) is 2.00. The smallest absolute Gasteiger partial charge is 0.172 e. The van der Waals surface area contributed by atoms with Crippen molar-refractivity contribution in [3.05, 3.63) is 83.9 Å². The van der Waals surface area contributed by atoms with Crippen LogP contribution in [0.4, 0.5) is 0 Å². The second-order valence-electron chi connectivity index (χ2n) is 6.65. The summed E-state index contributed by atoms with van der Waals surface area (Å²) in [5.41, 5.74) is 4.00. The number of para-hydroxylation sites is 2. The molecular formula is C22H16N2S2+2. The van der Waals surface area contributed by atoms with E-state index in [1.807, 2.05) is 23.1 Å². The van der Waals surface area contributed by atoms with Crippen molar-refractivity contribution in [3.8, 4) is 0 Å². The van der Waals surface area contributed by atoms with Crippen LogP contribution in [0.25, 0.3) is 26.6 Å². The lowest BCUT2D eigenvalue weighted by Gasteiger charge is -2.05. The monoisotopic (exact) mass is 372 g/mol. The minimum atomic E-state index is 0.352. The lowest BCUT2D eigenvalue weighted by molar-refractivity contribution is -0.728. The van der Waals surface area contributed by atoms with Gasteiger partial charge >= 0.3 is 0 Å². The van der Waals surface area contributed by atoms with Gasteiger partial charge in [-0.3, -0.25) is 0 Å². The molecule has 0 unspecified atom stereocenters. The van der Waals surface area contributed by atoms with Gasteiger partial charge in [0, 0.05) is 35.0 Å². The van der Waals surface area contributed by atoms with E-state index in [2.05, 4.69) is 87.1 Å². The first-order chi connectivity index (χ1) is 12.9. The third-order valence-corrected chi connectivity index (χ3v) is 7.27. The molecule has 4 heterocycles. The van der Waals surface area contributed by atoms with E-state index in [0.29, 0.717) is 6.04 Å². The first-order valence-electron chi connectivity index (χ1n) is 8.77. The SMILES string of the molecule is c1ccc2c(c1)ccc1[n+]2[C@H](c2csc3ccc4ccccc4[n+]23)CS1. The number of benzene rings is 2. The van der Waals surface area contributed by atoms with E-state index in [9.17, 15) is 0 Å². The van der Waals surface area contributed by atoms with E-state index in [-0.39, 0.29) is 0 Å². The molecule has 124 valence electrons. The van der Waals surface area contributed by atoms with E-state index < -0.39 is 0 Å². The maximum atomic E-state index is 2.52. The zero-order chi connectivity index (χ0) is 17.1. The Morgan fingerprint density at radius 1 is 0.769 bits per heavy atom. The molecule has 0 spiro atoms. The summed E-state index contributed by atoms with van der Waals surface area (Å²) in [4.78, 5) is 1.30. The highest BCUT2D eigenvalue weighted by Crippen LogP contribution is 2.33. The molecule has 6 rings (SSSR count). The van der Waals surface area contributed by atoms with Crippen LogP contribution >= 0.6 is 23.1 Å². The predicted octanol–water partition coefficient (Wildman–Crippen LogP) is 4.78. The topological polar surface area (TPSA) is 7.98 Å². The quantitative estimate of drug-likeness (QED) is 0.385. The van der Waals surface area contributed by atoms with Gasteiger partial charge in [-0.1, -0.05) is 35.6 Å². The summed E-state index contributed by atoms with van der Waals surface area (Å²) in [6, 6.07) is 26.7. The lowest BCUT2D eigenvalue weighted by Crippen LogP contribution is -2.44. The highest BCUT2D eigenvalue weighted by Gasteiger charge is 2.41. The molecule has 0 saturated carbocycles. The highest BCUT2D eigenvalue weighted by atomic mass is 32.2. The summed E-state index contributed by atoms with van der Waals surface area (Å²) in [7, 11) is 0. The fraction of sp³-hybridized carbons (Fsp3) is 0.0909. The van der Waals surface area contributed by atoms with E-state index in [4.69, 9.17) is 0 Å². The van der Waals surface area contributed by atoms with Crippen LogP contribution in [0.15, 0.2) is 83.2 Å². The summed E-state index contributed by atoms with van der Waals surface area (Å²) in [5.74, 6) is 1.08. The molecule has 0 N–H and O–H groups in total. The number of pyridine rings is 2. The first-order valence-corrected chi connectivity index (χ1v) is 10.6. The van der Waals surface area contributed by atoms with Gasteiger partial charge in [0.2, 0.25) is 16.1 Å². The van der Waals surface area contributed by atoms with Crippen LogP contribution in [0, 0.1) is 0 Å². The molecule has 0 amide bonds. The van der Waals surface area contributed by atoms with Crippen molar-refractivity contribution >= 4 is 49.7 Å². The number of hydrogen-bond donors (Lipinski definition) is 0. The molecule has 2 nitrogen and oxygen atoms in total. The van der Waals surface area contributed by atoms with Crippen molar-refractivity contribution in [3.63, 3.8) is 0 Å². The molecule has 3 aromatic heterocycles. The number of fused-ring (bicyclic) bond motifs is 6. The second kappa shape index (κ2) is 5.53. The average Bonchev–Trinajstić information content (AvgIpc) is 3.32. The largest absolute Gasteiger partial charge is 0.268 e. The fourth-order valence-electron chi connectivity index (χ4n) is 4.05. The van der Waals surface area contributed by atoms with Gasteiger partial charge in [0.25, 0.3) is 16.6 Å². The number of nitrogens with zero attached hydrogens (tertiary/aromatic N) is 2. The summed E-state index contributed by atoms with van der Waals surface area (Å²) in [5, 5.41) is 6.29. The Kier molecular flexibility index (Phi) is 3.13. The average molecular weight is 373 g/mol. The Bertz CT molecular complexity index is 1310. The molecule has 0 aliphatic carbocycles. The predicted molar refractivity (Wildman–Crippen MR) is 108 cm³/mol. The van der Waals surface area contributed by atoms with Crippen LogP contribution in [0.2, 0.25) is 0 Å². The Hall–Kier alpha value is -2.43. The van der Waals surface area contributed by atoms with Gasteiger partial charge in [-0.15, -0.1) is 4.40 Å². The summed E-state index contributed by atoms with van der Waals surface area (Å²) >= 11 is 3.79. The fourth-order valence-corrected chi connectivity index (χ4v) is 6.19. The van der Waals surface area contributed by atoms with Crippen molar-refractivity contribution in [2.75, 3.05) is 5.75 Å². The molecule has 0 fully saturated rings. The van der Waals surface area contributed by atoms with Crippen LogP contribution in [0.5, 0.6) is 0 Å². The van der Waals surface area contributed by atoms with Crippen molar-refractivity contribution in [1.29, 1.82) is 0 Å². The number of rotatable bonds is 1. The van der Waals surface area contributed by atoms with Gasteiger partial charge in [-0.05, 0) is 36.0 Å². The van der Waals surface area contributed by atoms with E-state index in [1.165, 1.54) is 37.4 Å². The van der Waals surface area contributed by atoms with Gasteiger partial charge in [-0.2, -0.15) is 4.57 Å². The summed E-state index contributed by atoms with van der Waals surface area (Å²) in [6.07, 6.45) is 0. The number of aromatic nitrogens is 2. The molecule has 0 saturated heterocycles. The normalized spacial score (nSPS) is 16.5. The van der Waals surface area contributed by atoms with Gasteiger partial charge in [-0.25, -0.2) is 0 Å². The summed E-state index contributed by atoms with van der Waals surface area (Å²) in [6.45, 7) is 0. The number of thiazole rings is 1. The van der Waals surface area contributed by atoms with Crippen molar-refractivity contribution in [2.24, 2.45) is 0 Å². The van der Waals surface area contributed by atoms with E-state index in [0.717, 1.165) is 5.75 Å². The van der Waals surface area contributed by atoms with E-state index >= 15 is 0 Å². The highest BCUT2D eigenvalue weighted by molar-refractivity contribution is 7.99. The van der Waals surface area contributed by atoms with Gasteiger partial charge in [0.1, 0.15) is 0 Å². The van der Waals surface area contributed by atoms with Gasteiger partial charge in [0.05, 0.1) is 11.1 Å². The minimum absolute atomic E-state index is 0.352. The van der Waals surface area contributed by atoms with Crippen LogP contribution in [-0.4, -0.2) is 5.75 Å². The molecule has 1 aliphatic heterocycles. The Morgan fingerprint density at radius 3 is 2.38 bits per heavy atom. The molecule has 5 aromatic rings. The Morgan fingerprint density at radius 2 is 1.50 bits per heavy atom. The standard InChI is InChI=1S/C22H16N2S2/c1-3-7-17-15(5-1)9-11-21-23(17)19(13-25-21)20-14-26-22-12-10-16-6-2-4-8-18(16)24(20)22/h1-13,20H,14H2/q+2/t20-/m0/s1. The Balaban J connectivity index is 1.67. The maximum Gasteiger partial charge on any atom is 0.268 e. The lowest BCUT2D eigenvalue weighted by atomic mass is 10.1.